The highest BCUT2D eigenvalue weighted by atomic mass is 31.0. The highest BCUT2D eigenvalue weighted by molar-refractivity contribution is 7.28. The van der Waals surface area contributed by atoms with Gasteiger partial charge in [-0.15, -0.1) is 18.5 Å². The first-order valence-corrected chi connectivity index (χ1v) is 6.34. The molecule has 1 nitrogen and oxygen atoms in total. The third kappa shape index (κ3) is 1.56. The Balaban J connectivity index is 2.17. The number of ether oxygens (including phenoxy) is 1. The monoisotopic (exact) mass is 246 g/mol. The Kier molecular flexibility index (Phi) is 2.46. The molecule has 0 saturated heterocycles. The third-order valence-corrected chi connectivity index (χ3v) is 3.99. The molecule has 0 saturated carbocycles. The standard InChI is InChI=1S/C13H12OP2/c15-12-5-1-3-10-8(12)7-9-11(14-10)4-2-6-13(9)16/h1-6H,7,15-16H2. The van der Waals surface area contributed by atoms with Gasteiger partial charge in [-0.2, -0.15) is 0 Å². The van der Waals surface area contributed by atoms with Crippen LogP contribution in [0.25, 0.3) is 0 Å². The maximum absolute atomic E-state index is 5.91. The Morgan fingerprint density at radius 3 is 1.81 bits per heavy atom. The van der Waals surface area contributed by atoms with Gasteiger partial charge in [-0.3, -0.25) is 0 Å². The van der Waals surface area contributed by atoms with Gasteiger partial charge in [-0.05, 0) is 22.7 Å². The summed E-state index contributed by atoms with van der Waals surface area (Å²) in [7, 11) is 5.55. The molecule has 0 N–H and O–H groups in total. The van der Waals surface area contributed by atoms with E-state index in [2.05, 4.69) is 30.6 Å². The molecule has 0 fully saturated rings. The van der Waals surface area contributed by atoms with E-state index in [0.29, 0.717) is 0 Å². The van der Waals surface area contributed by atoms with Crippen molar-refractivity contribution in [2.75, 3.05) is 0 Å². The van der Waals surface area contributed by atoms with Crippen molar-refractivity contribution in [3.8, 4) is 11.5 Å². The summed E-state index contributed by atoms with van der Waals surface area (Å²) in [5, 5.41) is 2.44. The minimum Gasteiger partial charge on any atom is -0.457 e. The smallest absolute Gasteiger partial charge is 0.131 e. The highest BCUT2D eigenvalue weighted by Gasteiger charge is 2.19. The summed E-state index contributed by atoms with van der Waals surface area (Å²) in [6.07, 6.45) is 0.948. The molecule has 0 bridgehead atoms. The van der Waals surface area contributed by atoms with Gasteiger partial charge in [0, 0.05) is 17.5 Å². The van der Waals surface area contributed by atoms with Crippen LogP contribution in [0.1, 0.15) is 11.1 Å². The van der Waals surface area contributed by atoms with E-state index < -0.39 is 0 Å². The Morgan fingerprint density at radius 2 is 1.31 bits per heavy atom. The lowest BCUT2D eigenvalue weighted by Gasteiger charge is -2.22. The normalized spacial score (nSPS) is 12.6. The molecule has 1 heterocycles. The van der Waals surface area contributed by atoms with Crippen LogP contribution in [0.15, 0.2) is 36.4 Å². The second-order valence-corrected chi connectivity index (χ2v) is 5.17. The van der Waals surface area contributed by atoms with E-state index in [1.807, 2.05) is 24.3 Å². The van der Waals surface area contributed by atoms with Crippen molar-refractivity contribution in [2.24, 2.45) is 0 Å². The molecular formula is C13H12OP2. The topological polar surface area (TPSA) is 9.23 Å². The average Bonchev–Trinajstić information content (AvgIpc) is 2.28. The molecule has 80 valence electrons. The van der Waals surface area contributed by atoms with Gasteiger partial charge < -0.3 is 4.74 Å². The van der Waals surface area contributed by atoms with Crippen LogP contribution in [0, 0.1) is 0 Å². The Morgan fingerprint density at radius 1 is 0.812 bits per heavy atom. The predicted molar refractivity (Wildman–Crippen MR) is 74.5 cm³/mol. The second kappa shape index (κ2) is 3.84. The van der Waals surface area contributed by atoms with Gasteiger partial charge in [0.25, 0.3) is 0 Å². The highest BCUT2D eigenvalue weighted by Crippen LogP contribution is 2.35. The van der Waals surface area contributed by atoms with E-state index in [1.54, 1.807) is 0 Å². The third-order valence-electron chi connectivity index (χ3n) is 2.91. The maximum Gasteiger partial charge on any atom is 0.131 e. The van der Waals surface area contributed by atoms with Crippen molar-refractivity contribution in [3.05, 3.63) is 47.5 Å². The van der Waals surface area contributed by atoms with Crippen LogP contribution in [-0.2, 0) is 6.42 Å². The molecule has 0 spiro atoms. The first-order chi connectivity index (χ1) is 7.75. The lowest BCUT2D eigenvalue weighted by Crippen LogP contribution is -2.15. The lowest BCUT2D eigenvalue weighted by atomic mass is 10.0. The number of fused-ring (bicyclic) bond motifs is 2. The van der Waals surface area contributed by atoms with Crippen LogP contribution in [0.3, 0.4) is 0 Å². The summed E-state index contributed by atoms with van der Waals surface area (Å²) in [4.78, 5) is 0. The molecule has 2 atom stereocenters. The first-order valence-electron chi connectivity index (χ1n) is 5.18. The van der Waals surface area contributed by atoms with E-state index in [0.717, 1.165) is 17.9 Å². The first kappa shape index (κ1) is 10.3. The van der Waals surface area contributed by atoms with Crippen LogP contribution in [0.4, 0.5) is 0 Å². The zero-order chi connectivity index (χ0) is 11.1. The molecule has 2 aromatic carbocycles. The van der Waals surface area contributed by atoms with Crippen LogP contribution in [0.2, 0.25) is 0 Å². The molecule has 0 aromatic heterocycles. The Hall–Kier alpha value is -0.900. The molecule has 0 aliphatic carbocycles. The maximum atomic E-state index is 5.91. The summed E-state index contributed by atoms with van der Waals surface area (Å²) >= 11 is 0. The fraction of sp³-hybridized carbons (Fsp3) is 0.0769. The van der Waals surface area contributed by atoms with Crippen molar-refractivity contribution < 1.29 is 4.74 Å². The van der Waals surface area contributed by atoms with Crippen LogP contribution < -0.4 is 15.3 Å². The van der Waals surface area contributed by atoms with Gasteiger partial charge in [0.15, 0.2) is 0 Å². The van der Waals surface area contributed by atoms with Crippen molar-refractivity contribution in [1.29, 1.82) is 0 Å². The Bertz CT molecular complexity index is 514. The average molecular weight is 246 g/mol. The number of hydrogen-bond donors (Lipinski definition) is 0. The van der Waals surface area contributed by atoms with E-state index in [-0.39, 0.29) is 0 Å². The van der Waals surface area contributed by atoms with Gasteiger partial charge in [-0.1, -0.05) is 24.3 Å². The minimum absolute atomic E-state index is 0.948. The van der Waals surface area contributed by atoms with Crippen molar-refractivity contribution >= 4 is 29.1 Å². The fourth-order valence-corrected chi connectivity index (χ4v) is 2.74. The zero-order valence-electron chi connectivity index (χ0n) is 8.73. The van der Waals surface area contributed by atoms with Crippen LogP contribution >= 0.6 is 18.5 Å². The molecule has 1 aliphatic rings. The van der Waals surface area contributed by atoms with Gasteiger partial charge in [0.1, 0.15) is 11.5 Å². The van der Waals surface area contributed by atoms with E-state index >= 15 is 0 Å². The van der Waals surface area contributed by atoms with E-state index in [1.165, 1.54) is 21.7 Å². The molecule has 3 heteroatoms. The van der Waals surface area contributed by atoms with E-state index in [4.69, 9.17) is 4.74 Å². The molecule has 1 aliphatic heterocycles. The molecule has 16 heavy (non-hydrogen) atoms. The molecule has 0 amide bonds. The summed E-state index contributed by atoms with van der Waals surface area (Å²) < 4.78 is 5.91. The molecule has 3 rings (SSSR count). The summed E-state index contributed by atoms with van der Waals surface area (Å²) in [5.41, 5.74) is 2.55. The Labute approximate surface area is 99.6 Å². The zero-order valence-corrected chi connectivity index (χ0v) is 11.0. The summed E-state index contributed by atoms with van der Waals surface area (Å²) in [5.74, 6) is 1.96. The number of rotatable bonds is 0. The van der Waals surface area contributed by atoms with Gasteiger partial charge in [0.05, 0.1) is 0 Å². The molecule has 2 unspecified atom stereocenters. The predicted octanol–water partition coefficient (Wildman–Crippen LogP) is 2.38. The van der Waals surface area contributed by atoms with Crippen LogP contribution in [0.5, 0.6) is 11.5 Å². The lowest BCUT2D eigenvalue weighted by molar-refractivity contribution is 0.462. The van der Waals surface area contributed by atoms with Gasteiger partial charge in [-0.25, -0.2) is 0 Å². The number of hydrogen-bond acceptors (Lipinski definition) is 1. The summed E-state index contributed by atoms with van der Waals surface area (Å²) in [6.45, 7) is 0. The van der Waals surface area contributed by atoms with Crippen molar-refractivity contribution in [1.82, 2.24) is 0 Å². The number of benzene rings is 2. The second-order valence-electron chi connectivity index (χ2n) is 3.93. The SMILES string of the molecule is Pc1cccc2c1Cc1c(P)cccc1O2. The largest absolute Gasteiger partial charge is 0.457 e. The summed E-state index contributed by atoms with van der Waals surface area (Å²) in [6, 6.07) is 12.3. The molecule has 0 radical (unpaired) electrons. The minimum atomic E-state index is 0.948. The molecule has 2 aromatic rings. The van der Waals surface area contributed by atoms with Crippen molar-refractivity contribution in [3.63, 3.8) is 0 Å². The van der Waals surface area contributed by atoms with Gasteiger partial charge in [0.2, 0.25) is 0 Å². The fourth-order valence-electron chi connectivity index (χ4n) is 2.03. The van der Waals surface area contributed by atoms with E-state index in [9.17, 15) is 0 Å². The molecular weight excluding hydrogens is 234 g/mol. The van der Waals surface area contributed by atoms with Gasteiger partial charge >= 0.3 is 0 Å². The quantitative estimate of drug-likeness (QED) is 0.553. The van der Waals surface area contributed by atoms with Crippen LogP contribution in [-0.4, -0.2) is 0 Å². The van der Waals surface area contributed by atoms with Crippen molar-refractivity contribution in [2.45, 2.75) is 6.42 Å².